The number of carbonyl (C=O) groups excluding carboxylic acids is 2. The van der Waals surface area contributed by atoms with Gasteiger partial charge in [-0.3, -0.25) is 9.59 Å². The van der Waals surface area contributed by atoms with Gasteiger partial charge in [0.05, 0.1) is 42.6 Å². The topological polar surface area (TPSA) is 121 Å². The highest BCUT2D eigenvalue weighted by atomic mass is 32.2. The number of allylic oxidation sites excluding steroid dienone is 2. The summed E-state index contributed by atoms with van der Waals surface area (Å²) >= 11 is 1.30. The number of carbonyl (C=O) groups is 2. The number of ether oxygens (including phenoxy) is 5. The molecule has 2 aliphatic rings. The summed E-state index contributed by atoms with van der Waals surface area (Å²) in [5, 5.41) is 22.3. The fourth-order valence-corrected chi connectivity index (χ4v) is 8.82. The van der Waals surface area contributed by atoms with Crippen LogP contribution in [0.1, 0.15) is 59.8 Å². The van der Waals surface area contributed by atoms with Gasteiger partial charge in [-0.05, 0) is 67.3 Å². The van der Waals surface area contributed by atoms with Gasteiger partial charge in [-0.1, -0.05) is 115 Å². The van der Waals surface area contributed by atoms with Gasteiger partial charge in [-0.15, -0.1) is 11.8 Å². The third-order valence-corrected chi connectivity index (χ3v) is 12.0. The average molecular weight is 789 g/mol. The molecule has 0 bridgehead atoms. The van der Waals surface area contributed by atoms with Gasteiger partial charge in [0.25, 0.3) is 0 Å². The third kappa shape index (κ3) is 9.50. The zero-order valence-corrected chi connectivity index (χ0v) is 33.2. The first-order valence-electron chi connectivity index (χ1n) is 19.3. The van der Waals surface area contributed by atoms with Gasteiger partial charge < -0.3 is 33.9 Å². The number of aromatic hydroxyl groups is 2. The van der Waals surface area contributed by atoms with Gasteiger partial charge in [-0.2, -0.15) is 0 Å². The van der Waals surface area contributed by atoms with E-state index in [4.69, 9.17) is 23.7 Å². The molecule has 1 heterocycles. The highest BCUT2D eigenvalue weighted by Gasteiger charge is 2.51. The van der Waals surface area contributed by atoms with Gasteiger partial charge in [0, 0.05) is 4.91 Å². The summed E-state index contributed by atoms with van der Waals surface area (Å²) in [5.41, 5.74) is 4.53. The van der Waals surface area contributed by atoms with Crippen LogP contribution in [0.15, 0.2) is 126 Å². The van der Waals surface area contributed by atoms with Gasteiger partial charge in [0.15, 0.2) is 17.9 Å². The van der Waals surface area contributed by atoms with Crippen LogP contribution in [0.5, 0.6) is 11.5 Å². The van der Waals surface area contributed by atoms with E-state index in [0.29, 0.717) is 35.3 Å². The third-order valence-electron chi connectivity index (χ3n) is 10.3. The van der Waals surface area contributed by atoms with E-state index in [2.05, 4.69) is 0 Å². The van der Waals surface area contributed by atoms with Crippen molar-refractivity contribution in [1.29, 1.82) is 0 Å². The normalized spacial score (nSPS) is 21.9. The number of aryl methyl sites for hydroxylation is 1. The number of phenols is 2. The van der Waals surface area contributed by atoms with Crippen LogP contribution in [0, 0.1) is 0 Å². The lowest BCUT2D eigenvalue weighted by Crippen LogP contribution is -2.61. The van der Waals surface area contributed by atoms with Gasteiger partial charge in [0.1, 0.15) is 35.9 Å². The molecule has 0 aromatic heterocycles. The number of Topliss-reactive ketones (excluding diaryl/α,β-unsaturated/α-hetero) is 2. The summed E-state index contributed by atoms with van der Waals surface area (Å²) in [6, 6.07) is 36.3. The monoisotopic (exact) mass is 788 g/mol. The number of hydrogen-bond donors (Lipinski definition) is 2. The van der Waals surface area contributed by atoms with Crippen molar-refractivity contribution in [1.82, 2.24) is 0 Å². The van der Waals surface area contributed by atoms with Crippen molar-refractivity contribution >= 4 is 34.1 Å². The molecule has 1 fully saturated rings. The van der Waals surface area contributed by atoms with Crippen molar-refractivity contribution in [3.8, 4) is 11.5 Å². The Hall–Kier alpha value is -4.81. The molecular formula is C47H48O9S. The molecule has 1 aliphatic carbocycles. The quantitative estimate of drug-likeness (QED) is 0.0996. The smallest absolute Gasteiger partial charge is 0.195 e. The summed E-state index contributed by atoms with van der Waals surface area (Å²) in [4.78, 5) is 28.1. The summed E-state index contributed by atoms with van der Waals surface area (Å²) in [6.45, 7) is 6.25. The number of rotatable bonds is 15. The molecule has 2 N–H and O–H groups in total. The van der Waals surface area contributed by atoms with Crippen LogP contribution in [0.3, 0.4) is 0 Å². The number of phenolic OH excluding ortho intramolecular Hbond substituents is 2. The molecule has 296 valence electrons. The summed E-state index contributed by atoms with van der Waals surface area (Å²) in [6.07, 6.45) is -3.41. The van der Waals surface area contributed by atoms with E-state index >= 15 is 0 Å². The zero-order valence-electron chi connectivity index (χ0n) is 32.3. The molecule has 1 unspecified atom stereocenters. The maximum atomic E-state index is 14.4. The van der Waals surface area contributed by atoms with Crippen molar-refractivity contribution < 1.29 is 43.5 Å². The standard InChI is InChI=1S/C47H48O9S/c1-29(2)45(30(3)48)57-46-44(54-27-33-18-11-6-12-19-33)43(53-26-32-16-9-5-10-17-32)38(28-52-25-31-14-7-4-8-15-31)56-47(46)55-37-23-22-35-24-34-20-13-21-36(49)39(34)42(51)40(35)41(37)50/h4-21,24,37-38,43-44,46-47,49,51H,22-23,25-28H2,1-3H3/t37?,38-,43-,44+,46-,47-/m1/s1. The number of fused-ring (bicyclic) bond motifs is 2. The minimum Gasteiger partial charge on any atom is -0.507 e. The molecule has 6 atom stereocenters. The molecule has 5 aromatic carbocycles. The number of thioether (sulfide) groups is 1. The Morgan fingerprint density at radius 1 is 0.772 bits per heavy atom. The van der Waals surface area contributed by atoms with E-state index in [9.17, 15) is 19.8 Å². The molecule has 10 heteroatoms. The van der Waals surface area contributed by atoms with Crippen LogP contribution >= 0.6 is 11.8 Å². The van der Waals surface area contributed by atoms with Gasteiger partial charge in [-0.25, -0.2) is 0 Å². The summed E-state index contributed by atoms with van der Waals surface area (Å²) < 4.78 is 33.6. The number of hydrogen-bond acceptors (Lipinski definition) is 10. The van der Waals surface area contributed by atoms with Crippen molar-refractivity contribution in [3.63, 3.8) is 0 Å². The first-order valence-corrected chi connectivity index (χ1v) is 20.1. The number of benzene rings is 5. The number of ketones is 2. The maximum absolute atomic E-state index is 14.4. The Bertz CT molecular complexity index is 2190. The second kappa shape index (κ2) is 18.6. The van der Waals surface area contributed by atoms with Crippen LogP contribution in [0.2, 0.25) is 0 Å². The molecular weight excluding hydrogens is 741 g/mol. The maximum Gasteiger partial charge on any atom is 0.195 e. The molecule has 1 saturated heterocycles. The first kappa shape index (κ1) is 40.4. The van der Waals surface area contributed by atoms with Crippen LogP contribution in [0.25, 0.3) is 10.8 Å². The second-order valence-electron chi connectivity index (χ2n) is 14.7. The second-order valence-corrected chi connectivity index (χ2v) is 15.9. The molecule has 1 aliphatic heterocycles. The minimum atomic E-state index is -1.07. The molecule has 0 radical (unpaired) electrons. The lowest BCUT2D eigenvalue weighted by Gasteiger charge is -2.47. The summed E-state index contributed by atoms with van der Waals surface area (Å²) in [7, 11) is 0. The largest absolute Gasteiger partial charge is 0.507 e. The van der Waals surface area contributed by atoms with E-state index in [-0.39, 0.29) is 48.1 Å². The van der Waals surface area contributed by atoms with Crippen LogP contribution in [-0.2, 0) is 54.7 Å². The zero-order chi connectivity index (χ0) is 39.9. The van der Waals surface area contributed by atoms with Crippen molar-refractivity contribution in [2.24, 2.45) is 0 Å². The molecule has 5 aromatic rings. The van der Waals surface area contributed by atoms with Crippen LogP contribution < -0.4 is 0 Å². The summed E-state index contributed by atoms with van der Waals surface area (Å²) in [5.74, 6) is -0.924. The lowest BCUT2D eigenvalue weighted by atomic mass is 9.85. The fourth-order valence-electron chi connectivity index (χ4n) is 7.54. The van der Waals surface area contributed by atoms with E-state index in [0.717, 1.165) is 22.3 Å². The molecule has 0 amide bonds. The predicted molar refractivity (Wildman–Crippen MR) is 220 cm³/mol. The van der Waals surface area contributed by atoms with Crippen LogP contribution in [0.4, 0.5) is 0 Å². The first-order chi connectivity index (χ1) is 27.7. The van der Waals surface area contributed by atoms with Crippen molar-refractivity contribution in [3.05, 3.63) is 154 Å². The van der Waals surface area contributed by atoms with Crippen molar-refractivity contribution in [2.75, 3.05) is 6.61 Å². The lowest BCUT2D eigenvalue weighted by molar-refractivity contribution is -0.280. The minimum absolute atomic E-state index is 0.116. The van der Waals surface area contributed by atoms with Crippen LogP contribution in [-0.4, -0.2) is 64.3 Å². The Morgan fingerprint density at radius 3 is 1.96 bits per heavy atom. The molecule has 9 nitrogen and oxygen atoms in total. The van der Waals surface area contributed by atoms with E-state index < -0.39 is 41.7 Å². The van der Waals surface area contributed by atoms with Gasteiger partial charge in [0.2, 0.25) is 0 Å². The predicted octanol–water partition coefficient (Wildman–Crippen LogP) is 8.86. The van der Waals surface area contributed by atoms with E-state index in [1.54, 1.807) is 12.1 Å². The SMILES string of the molecule is CC(=O)C(S[C@H]1[C@H](OC2CCc3cc4cccc(O)c4c(O)c3C2=O)O[C@H](COCc2ccccc2)[C@@H](OCc2ccccc2)[C@@H]1OCc1ccccc1)=C(C)C. The Morgan fingerprint density at radius 2 is 1.37 bits per heavy atom. The van der Waals surface area contributed by atoms with E-state index in [1.807, 2.05) is 111 Å². The Kier molecular flexibility index (Phi) is 13.2. The Labute approximate surface area is 337 Å². The highest BCUT2D eigenvalue weighted by molar-refractivity contribution is 8.04. The average Bonchev–Trinajstić information content (AvgIpc) is 3.21. The fraction of sp³-hybridized carbons (Fsp3) is 0.319. The molecule has 0 spiro atoms. The van der Waals surface area contributed by atoms with Gasteiger partial charge >= 0.3 is 0 Å². The Balaban J connectivity index is 1.27. The van der Waals surface area contributed by atoms with Crippen molar-refractivity contribution in [2.45, 2.75) is 89.4 Å². The molecule has 57 heavy (non-hydrogen) atoms. The highest BCUT2D eigenvalue weighted by Crippen LogP contribution is 2.44. The molecule has 7 rings (SSSR count). The molecule has 0 saturated carbocycles. The van der Waals surface area contributed by atoms with E-state index in [1.165, 1.54) is 24.8 Å².